The molecule has 0 N–H and O–H groups in total. The Hall–Kier alpha value is 0.790. The van der Waals surface area contributed by atoms with Gasteiger partial charge in [-0.1, -0.05) is 24.0 Å². The molecule has 5 rings (SSSR count). The van der Waals surface area contributed by atoms with Crippen LogP contribution in [0.15, 0.2) is 0 Å². The highest BCUT2D eigenvalue weighted by atomic mass is 32.2. The fourth-order valence-corrected chi connectivity index (χ4v) is 8.80. The molecule has 0 aromatic carbocycles. The van der Waals surface area contributed by atoms with E-state index < -0.39 is 0 Å². The molecule has 0 atom stereocenters. The van der Waals surface area contributed by atoms with E-state index in [-0.39, 0.29) is 0 Å². The first-order valence-corrected chi connectivity index (χ1v) is 8.33. The molecule has 0 nitrogen and oxygen atoms in total. The summed E-state index contributed by atoms with van der Waals surface area (Å²) in [5, 5.41) is 0. The molecule has 5 fully saturated rings. The summed E-state index contributed by atoms with van der Waals surface area (Å²) < 4.78 is 1.84. The van der Waals surface area contributed by atoms with E-state index in [1.807, 2.05) is 0 Å². The summed E-state index contributed by atoms with van der Waals surface area (Å²) in [6.45, 7) is 0. The number of hydrogen-bond acceptors (Lipinski definition) is 3. The largest absolute Gasteiger partial charge is 0.137 e. The summed E-state index contributed by atoms with van der Waals surface area (Å²) in [5.41, 5.74) is 0. The molecule has 1 aliphatic heterocycles. The van der Waals surface area contributed by atoms with Gasteiger partial charge in [0.15, 0.2) is 0 Å². The Bertz CT molecular complexity index is 295. The lowest BCUT2D eigenvalue weighted by atomic mass is 9.56. The van der Waals surface area contributed by atoms with Crippen LogP contribution in [0, 0.1) is 23.7 Å². The standard InChI is InChI=1S/C12H16S3/c13-11-6-14-12(15-11)9-2-7-1-8(4-9)5-10(12)3-7/h7-10H,1-6H2. The minimum absolute atomic E-state index is 0.560. The van der Waals surface area contributed by atoms with Crippen LogP contribution in [0.4, 0.5) is 0 Å². The van der Waals surface area contributed by atoms with Crippen molar-refractivity contribution in [3.8, 4) is 0 Å². The molecule has 0 radical (unpaired) electrons. The van der Waals surface area contributed by atoms with Crippen LogP contribution in [0.3, 0.4) is 0 Å². The average Bonchev–Trinajstić information content (AvgIpc) is 2.57. The van der Waals surface area contributed by atoms with Gasteiger partial charge in [-0.25, -0.2) is 0 Å². The summed E-state index contributed by atoms with van der Waals surface area (Å²) in [5.74, 6) is 5.35. The van der Waals surface area contributed by atoms with Gasteiger partial charge in [0.1, 0.15) is 0 Å². The van der Waals surface area contributed by atoms with Gasteiger partial charge in [-0.05, 0) is 55.8 Å². The Balaban J connectivity index is 1.73. The molecule has 0 unspecified atom stereocenters. The van der Waals surface area contributed by atoms with E-state index in [9.17, 15) is 0 Å². The molecule has 4 bridgehead atoms. The summed E-state index contributed by atoms with van der Waals surface area (Å²) in [4.78, 5) is 0. The quantitative estimate of drug-likeness (QED) is 0.602. The average molecular weight is 256 g/mol. The van der Waals surface area contributed by atoms with Crippen molar-refractivity contribution in [1.82, 2.24) is 0 Å². The smallest absolute Gasteiger partial charge is 0.0723 e. The lowest BCUT2D eigenvalue weighted by molar-refractivity contribution is 0.0161. The Morgan fingerprint density at radius 2 is 1.60 bits per heavy atom. The Labute approximate surface area is 105 Å². The van der Waals surface area contributed by atoms with E-state index >= 15 is 0 Å². The summed E-state index contributed by atoms with van der Waals surface area (Å²) in [7, 11) is 0. The van der Waals surface area contributed by atoms with E-state index in [2.05, 4.69) is 23.5 Å². The highest BCUT2D eigenvalue weighted by Gasteiger charge is 2.59. The van der Waals surface area contributed by atoms with Gasteiger partial charge < -0.3 is 0 Å². The van der Waals surface area contributed by atoms with E-state index in [0.717, 1.165) is 29.4 Å². The van der Waals surface area contributed by atoms with Crippen molar-refractivity contribution in [1.29, 1.82) is 0 Å². The van der Waals surface area contributed by atoms with Crippen LogP contribution < -0.4 is 0 Å². The normalized spacial score (nSPS) is 56.9. The van der Waals surface area contributed by atoms with Crippen LogP contribution in [0.5, 0.6) is 0 Å². The monoisotopic (exact) mass is 256 g/mol. The number of thioether (sulfide) groups is 2. The van der Waals surface area contributed by atoms with Crippen LogP contribution in [0.2, 0.25) is 0 Å². The zero-order valence-electron chi connectivity index (χ0n) is 8.78. The minimum Gasteiger partial charge on any atom is -0.137 e. The van der Waals surface area contributed by atoms with Gasteiger partial charge in [0.2, 0.25) is 0 Å². The molecule has 0 aromatic heterocycles. The number of hydrogen-bond donors (Lipinski definition) is 0. The maximum atomic E-state index is 5.43. The molecule has 3 heteroatoms. The highest BCUT2D eigenvalue weighted by Crippen LogP contribution is 2.69. The lowest BCUT2D eigenvalue weighted by Crippen LogP contribution is -2.53. The van der Waals surface area contributed by atoms with Gasteiger partial charge in [0.05, 0.1) is 8.28 Å². The van der Waals surface area contributed by atoms with Gasteiger partial charge in [0, 0.05) is 5.75 Å². The van der Waals surface area contributed by atoms with Crippen molar-refractivity contribution in [3.63, 3.8) is 0 Å². The maximum absolute atomic E-state index is 5.43. The molecule has 5 aliphatic rings. The van der Waals surface area contributed by atoms with Crippen molar-refractivity contribution < 1.29 is 0 Å². The third-order valence-electron chi connectivity index (χ3n) is 4.97. The first kappa shape index (κ1) is 9.78. The SMILES string of the molecule is S=C1CSC2(S1)C1CC3CC(C1)CC2C3. The van der Waals surface area contributed by atoms with Crippen molar-refractivity contribution >= 4 is 39.9 Å². The topological polar surface area (TPSA) is 0 Å². The molecule has 15 heavy (non-hydrogen) atoms. The molecule has 82 valence electrons. The van der Waals surface area contributed by atoms with Gasteiger partial charge in [-0.15, -0.1) is 11.8 Å². The second kappa shape index (κ2) is 3.17. The lowest BCUT2D eigenvalue weighted by Gasteiger charge is -2.59. The number of rotatable bonds is 0. The molecule has 4 aliphatic carbocycles. The van der Waals surface area contributed by atoms with Crippen LogP contribution in [0.1, 0.15) is 32.1 Å². The maximum Gasteiger partial charge on any atom is 0.0723 e. The minimum atomic E-state index is 0.560. The fraction of sp³-hybridized carbons (Fsp3) is 0.917. The molecule has 1 saturated heterocycles. The first-order valence-electron chi connectivity index (χ1n) is 6.12. The van der Waals surface area contributed by atoms with Gasteiger partial charge in [0.25, 0.3) is 0 Å². The van der Waals surface area contributed by atoms with Crippen LogP contribution in [-0.4, -0.2) is 14.0 Å². The van der Waals surface area contributed by atoms with Gasteiger partial charge in [-0.3, -0.25) is 0 Å². The third kappa shape index (κ3) is 1.26. The zero-order chi connectivity index (χ0) is 10.0. The predicted octanol–water partition coefficient (Wildman–Crippen LogP) is 3.95. The van der Waals surface area contributed by atoms with Crippen molar-refractivity contribution in [2.75, 3.05) is 5.75 Å². The summed E-state index contributed by atoms with van der Waals surface area (Å²) in [6, 6.07) is 0. The Kier molecular flexibility index (Phi) is 2.07. The molecule has 4 saturated carbocycles. The predicted molar refractivity (Wildman–Crippen MR) is 72.4 cm³/mol. The van der Waals surface area contributed by atoms with Crippen LogP contribution in [-0.2, 0) is 0 Å². The van der Waals surface area contributed by atoms with Crippen molar-refractivity contribution in [3.05, 3.63) is 0 Å². The van der Waals surface area contributed by atoms with Crippen LogP contribution in [0.25, 0.3) is 0 Å². The Morgan fingerprint density at radius 3 is 2.07 bits per heavy atom. The Morgan fingerprint density at radius 1 is 1.00 bits per heavy atom. The van der Waals surface area contributed by atoms with E-state index in [1.54, 1.807) is 6.42 Å². The summed E-state index contributed by atoms with van der Waals surface area (Å²) >= 11 is 9.74. The van der Waals surface area contributed by atoms with Crippen molar-refractivity contribution in [2.45, 2.75) is 36.2 Å². The van der Waals surface area contributed by atoms with Crippen molar-refractivity contribution in [2.24, 2.45) is 23.7 Å². The molecular formula is C12H16S3. The first-order chi connectivity index (χ1) is 7.26. The molecule has 0 amide bonds. The summed E-state index contributed by atoms with van der Waals surface area (Å²) in [6.07, 6.45) is 7.65. The van der Waals surface area contributed by atoms with Gasteiger partial charge in [-0.2, -0.15) is 0 Å². The molecule has 0 aromatic rings. The zero-order valence-corrected chi connectivity index (χ0v) is 11.2. The molecule has 1 spiro atoms. The van der Waals surface area contributed by atoms with Gasteiger partial charge >= 0.3 is 0 Å². The highest BCUT2D eigenvalue weighted by molar-refractivity contribution is 8.36. The van der Waals surface area contributed by atoms with E-state index in [1.165, 1.54) is 29.9 Å². The fourth-order valence-electron chi connectivity index (χ4n) is 4.65. The molecule has 1 heterocycles. The van der Waals surface area contributed by atoms with Crippen LogP contribution >= 0.6 is 35.7 Å². The van der Waals surface area contributed by atoms with E-state index in [0.29, 0.717) is 4.08 Å². The second-order valence-electron chi connectivity index (χ2n) is 5.79. The third-order valence-corrected chi connectivity index (χ3v) is 9.24. The second-order valence-corrected chi connectivity index (χ2v) is 9.42. The van der Waals surface area contributed by atoms with E-state index in [4.69, 9.17) is 12.2 Å². The number of thiocarbonyl (C=S) groups is 1. The molecular weight excluding hydrogens is 240 g/mol.